The first-order valence-electron chi connectivity index (χ1n) is 15.1. The molecule has 0 aromatic rings. The number of carbonyl (C=O) groups excluding carboxylic acids is 5. The summed E-state index contributed by atoms with van der Waals surface area (Å²) in [5.74, 6) is -5.91. The van der Waals surface area contributed by atoms with E-state index in [0.717, 1.165) is 77.0 Å². The summed E-state index contributed by atoms with van der Waals surface area (Å²) in [4.78, 5) is 64.1. The summed E-state index contributed by atoms with van der Waals surface area (Å²) < 4.78 is 0. The first-order valence-corrected chi connectivity index (χ1v) is 15.1. The second-order valence-corrected chi connectivity index (χ2v) is 11.5. The van der Waals surface area contributed by atoms with Gasteiger partial charge in [0.15, 0.2) is 0 Å². The molecule has 38 heavy (non-hydrogen) atoms. The highest BCUT2D eigenvalue weighted by Gasteiger charge is 2.40. The van der Waals surface area contributed by atoms with Gasteiger partial charge in [0.05, 0.1) is 0 Å². The third-order valence-corrected chi connectivity index (χ3v) is 9.12. The maximum Gasteiger partial charge on any atom is 0.308 e. The summed E-state index contributed by atoms with van der Waals surface area (Å²) in [6, 6.07) is 0. The smallest absolute Gasteiger partial charge is 0.289 e. The Morgan fingerprint density at radius 2 is 0.842 bits per heavy atom. The van der Waals surface area contributed by atoms with Gasteiger partial charge in [0.1, 0.15) is 0 Å². The van der Waals surface area contributed by atoms with Crippen LogP contribution in [-0.2, 0) is 24.0 Å². The fourth-order valence-electron chi connectivity index (χ4n) is 5.24. The molecule has 2 N–H and O–H groups in total. The Hall–Kier alpha value is -2.05. The van der Waals surface area contributed by atoms with Gasteiger partial charge in [0.25, 0.3) is 0 Å². The van der Waals surface area contributed by atoms with Crippen molar-refractivity contribution in [2.45, 2.75) is 145 Å². The molecule has 0 aromatic heterocycles. The average Bonchev–Trinajstić information content (AvgIpc) is 2.91. The van der Waals surface area contributed by atoms with Crippen LogP contribution in [0, 0.1) is 22.7 Å². The summed E-state index contributed by atoms with van der Waals surface area (Å²) in [6.07, 6.45) is 12.2. The largest absolute Gasteiger partial charge is 0.308 e. The van der Waals surface area contributed by atoms with Crippen LogP contribution in [0.5, 0.6) is 0 Å². The first-order chi connectivity index (χ1) is 17.9. The highest BCUT2D eigenvalue weighted by Crippen LogP contribution is 2.39. The van der Waals surface area contributed by atoms with Gasteiger partial charge in [0.2, 0.25) is 11.8 Å². The minimum atomic E-state index is -1.41. The SMILES string of the molecule is CCCCCCC(C(=O)NC(=O)C(=O)C(=O)NC(=O)C(CCCCCC)C(C)(CC)CC)C(C)(CC)CC. The number of ketones is 1. The molecule has 0 fully saturated rings. The van der Waals surface area contributed by atoms with Gasteiger partial charge in [-0.3, -0.25) is 34.6 Å². The number of unbranched alkanes of at least 4 members (excludes halogenated alkanes) is 6. The van der Waals surface area contributed by atoms with Crippen LogP contribution in [0.2, 0.25) is 0 Å². The number of hydrogen-bond acceptors (Lipinski definition) is 5. The molecule has 2 atom stereocenters. The van der Waals surface area contributed by atoms with Gasteiger partial charge in [-0.1, -0.05) is 107 Å². The lowest BCUT2D eigenvalue weighted by atomic mass is 9.70. The molecule has 7 nitrogen and oxygen atoms in total. The van der Waals surface area contributed by atoms with Gasteiger partial charge >= 0.3 is 17.6 Å². The number of carbonyl (C=O) groups is 5. The molecule has 4 amide bonds. The van der Waals surface area contributed by atoms with Gasteiger partial charge in [-0.25, -0.2) is 0 Å². The van der Waals surface area contributed by atoms with Crippen molar-refractivity contribution in [1.29, 1.82) is 0 Å². The van der Waals surface area contributed by atoms with Crippen LogP contribution in [0.1, 0.15) is 145 Å². The predicted octanol–water partition coefficient (Wildman–Crippen LogP) is 6.67. The minimum absolute atomic E-state index is 0.326. The van der Waals surface area contributed by atoms with Crippen LogP contribution in [-0.4, -0.2) is 29.4 Å². The number of nitrogens with one attached hydrogen (secondary N) is 2. The van der Waals surface area contributed by atoms with Crippen molar-refractivity contribution >= 4 is 29.4 Å². The van der Waals surface area contributed by atoms with Gasteiger partial charge in [-0.15, -0.1) is 0 Å². The van der Waals surface area contributed by atoms with Gasteiger partial charge in [0, 0.05) is 11.8 Å². The fourth-order valence-corrected chi connectivity index (χ4v) is 5.24. The molecular formula is C31H56N2O5. The molecular weight excluding hydrogens is 480 g/mol. The fraction of sp³-hybridized carbons (Fsp3) is 0.839. The Morgan fingerprint density at radius 3 is 1.11 bits per heavy atom. The maximum atomic E-state index is 13.1. The topological polar surface area (TPSA) is 109 Å². The van der Waals surface area contributed by atoms with E-state index in [1.165, 1.54) is 0 Å². The van der Waals surface area contributed by atoms with Crippen molar-refractivity contribution in [2.75, 3.05) is 0 Å². The molecule has 7 heteroatoms. The predicted molar refractivity (Wildman–Crippen MR) is 153 cm³/mol. The van der Waals surface area contributed by atoms with E-state index < -0.39 is 41.2 Å². The van der Waals surface area contributed by atoms with Crippen LogP contribution < -0.4 is 10.6 Å². The monoisotopic (exact) mass is 536 g/mol. The quantitative estimate of drug-likeness (QED) is 0.103. The van der Waals surface area contributed by atoms with E-state index in [9.17, 15) is 24.0 Å². The van der Waals surface area contributed by atoms with Crippen molar-refractivity contribution < 1.29 is 24.0 Å². The molecule has 0 aromatic carbocycles. The molecule has 0 aliphatic carbocycles. The maximum absolute atomic E-state index is 13.1. The zero-order chi connectivity index (χ0) is 29.4. The van der Waals surface area contributed by atoms with Crippen molar-refractivity contribution in [3.63, 3.8) is 0 Å². The summed E-state index contributed by atoms with van der Waals surface area (Å²) in [5.41, 5.74) is -0.652. The lowest BCUT2D eigenvalue weighted by Crippen LogP contribution is -2.51. The Kier molecular flexibility index (Phi) is 17.3. The number of rotatable bonds is 20. The standard InChI is InChI=1S/C31H56N2O5/c1-9-15-17-19-21-23(30(7,11-3)12-4)26(35)32-28(37)25(34)29(38)33-27(36)24(22-20-18-16-10-2)31(8,13-5)14-6/h23-24H,9-22H2,1-8H3,(H,32,35,37)(H,33,36,38). The van der Waals surface area contributed by atoms with Crippen molar-refractivity contribution in [3.8, 4) is 0 Å². The number of hydrogen-bond donors (Lipinski definition) is 2. The summed E-state index contributed by atoms with van der Waals surface area (Å²) in [6.45, 7) is 16.3. The molecule has 0 saturated heterocycles. The number of imide groups is 2. The number of Topliss-reactive ketones (excluding diaryl/α,β-unsaturated/α-hetero) is 1. The second kappa shape index (κ2) is 18.3. The molecule has 0 radical (unpaired) electrons. The van der Waals surface area contributed by atoms with Crippen molar-refractivity contribution in [3.05, 3.63) is 0 Å². The van der Waals surface area contributed by atoms with Gasteiger partial charge < -0.3 is 0 Å². The Bertz CT molecular complexity index is 706. The van der Waals surface area contributed by atoms with E-state index in [1.807, 2.05) is 41.5 Å². The summed E-state index contributed by atoms with van der Waals surface area (Å²) in [7, 11) is 0. The highest BCUT2D eigenvalue weighted by molar-refractivity contribution is 6.64. The highest BCUT2D eigenvalue weighted by atomic mass is 16.2. The van der Waals surface area contributed by atoms with Crippen molar-refractivity contribution in [2.24, 2.45) is 22.7 Å². The van der Waals surface area contributed by atoms with Crippen LogP contribution >= 0.6 is 0 Å². The third kappa shape index (κ3) is 11.0. The van der Waals surface area contributed by atoms with E-state index in [4.69, 9.17) is 0 Å². The van der Waals surface area contributed by atoms with Crippen LogP contribution in [0.4, 0.5) is 0 Å². The molecule has 0 spiro atoms. The zero-order valence-electron chi connectivity index (χ0n) is 25.6. The van der Waals surface area contributed by atoms with Crippen LogP contribution in [0.3, 0.4) is 0 Å². The lowest BCUT2D eigenvalue weighted by Gasteiger charge is -2.35. The molecule has 0 rings (SSSR count). The lowest BCUT2D eigenvalue weighted by molar-refractivity contribution is -0.149. The molecule has 2 unspecified atom stereocenters. The Labute approximate surface area is 232 Å². The summed E-state index contributed by atoms with van der Waals surface area (Å²) >= 11 is 0. The molecule has 0 heterocycles. The van der Waals surface area contributed by atoms with Crippen LogP contribution in [0.15, 0.2) is 0 Å². The van der Waals surface area contributed by atoms with E-state index in [2.05, 4.69) is 24.5 Å². The Balaban J connectivity index is 5.45. The zero-order valence-corrected chi connectivity index (χ0v) is 25.6. The molecule has 0 saturated carbocycles. The molecule has 0 bridgehead atoms. The van der Waals surface area contributed by atoms with E-state index in [-0.39, 0.29) is 10.8 Å². The van der Waals surface area contributed by atoms with E-state index in [0.29, 0.717) is 12.8 Å². The minimum Gasteiger partial charge on any atom is -0.289 e. The van der Waals surface area contributed by atoms with Crippen molar-refractivity contribution in [1.82, 2.24) is 10.6 Å². The summed E-state index contributed by atoms with van der Waals surface area (Å²) in [5, 5.41) is 4.36. The van der Waals surface area contributed by atoms with E-state index >= 15 is 0 Å². The second-order valence-electron chi connectivity index (χ2n) is 11.5. The normalized spacial score (nSPS) is 13.5. The third-order valence-electron chi connectivity index (χ3n) is 9.12. The average molecular weight is 537 g/mol. The van der Waals surface area contributed by atoms with E-state index in [1.54, 1.807) is 0 Å². The molecule has 0 aliphatic heterocycles. The van der Waals surface area contributed by atoms with Gasteiger partial charge in [-0.2, -0.15) is 0 Å². The molecule has 0 aliphatic rings. The number of amides is 4. The first kappa shape index (κ1) is 35.9. The Morgan fingerprint density at radius 1 is 0.526 bits per heavy atom. The molecule has 220 valence electrons. The van der Waals surface area contributed by atoms with Crippen LogP contribution in [0.25, 0.3) is 0 Å². The van der Waals surface area contributed by atoms with Gasteiger partial charge in [-0.05, 0) is 49.4 Å².